The standard InChI is InChI=1S/C15H16ClN3O3S/c1-9-7-11(12(22-2)8-10(9)16)18-13(20)3-4-14(21)19-15-17-5-6-23-15/h5-8H,3-4H2,1-2H3,(H,18,20)(H,17,19,21). The van der Waals surface area contributed by atoms with Crippen LogP contribution in [0.3, 0.4) is 0 Å². The number of aromatic nitrogens is 1. The lowest BCUT2D eigenvalue weighted by Crippen LogP contribution is -2.17. The van der Waals surface area contributed by atoms with E-state index < -0.39 is 0 Å². The number of carbonyl (C=O) groups excluding carboxylic acids is 2. The molecule has 0 atom stereocenters. The minimum atomic E-state index is -0.278. The summed E-state index contributed by atoms with van der Waals surface area (Å²) >= 11 is 7.34. The molecule has 2 N–H and O–H groups in total. The van der Waals surface area contributed by atoms with Crippen molar-refractivity contribution in [2.24, 2.45) is 0 Å². The average molecular weight is 354 g/mol. The van der Waals surface area contributed by atoms with Crippen LogP contribution in [0.25, 0.3) is 0 Å². The Hall–Kier alpha value is -2.12. The van der Waals surface area contributed by atoms with Gasteiger partial charge in [-0.3, -0.25) is 9.59 Å². The van der Waals surface area contributed by atoms with Gasteiger partial charge in [-0.25, -0.2) is 4.98 Å². The number of amides is 2. The van der Waals surface area contributed by atoms with Gasteiger partial charge in [-0.15, -0.1) is 11.3 Å². The minimum Gasteiger partial charge on any atom is -0.495 e. The average Bonchev–Trinajstić information content (AvgIpc) is 3.01. The van der Waals surface area contributed by atoms with Gasteiger partial charge in [-0.2, -0.15) is 0 Å². The summed E-state index contributed by atoms with van der Waals surface area (Å²) in [6.45, 7) is 1.83. The molecule has 1 aromatic heterocycles. The van der Waals surface area contributed by atoms with Gasteiger partial charge < -0.3 is 15.4 Å². The molecule has 0 aliphatic carbocycles. The Kier molecular flexibility index (Phi) is 5.95. The molecule has 8 heteroatoms. The molecule has 1 aromatic carbocycles. The number of ether oxygens (including phenoxy) is 1. The normalized spacial score (nSPS) is 10.2. The number of hydrogen-bond donors (Lipinski definition) is 2. The minimum absolute atomic E-state index is 0.0576. The zero-order valence-corrected chi connectivity index (χ0v) is 14.3. The number of aryl methyl sites for hydroxylation is 1. The molecule has 122 valence electrons. The number of anilines is 2. The molecule has 0 fully saturated rings. The van der Waals surface area contributed by atoms with Crippen molar-refractivity contribution in [2.75, 3.05) is 17.7 Å². The molecular formula is C15H16ClN3O3S. The highest BCUT2D eigenvalue weighted by Crippen LogP contribution is 2.31. The summed E-state index contributed by atoms with van der Waals surface area (Å²) in [7, 11) is 1.50. The van der Waals surface area contributed by atoms with E-state index >= 15 is 0 Å². The van der Waals surface area contributed by atoms with Crippen LogP contribution in [0, 0.1) is 6.92 Å². The topological polar surface area (TPSA) is 80.3 Å². The Morgan fingerprint density at radius 1 is 1.26 bits per heavy atom. The second kappa shape index (κ2) is 7.94. The van der Waals surface area contributed by atoms with Crippen LogP contribution in [-0.2, 0) is 9.59 Å². The van der Waals surface area contributed by atoms with Crippen LogP contribution in [0.4, 0.5) is 10.8 Å². The monoisotopic (exact) mass is 353 g/mol. The second-order valence-electron chi connectivity index (χ2n) is 4.74. The number of carbonyl (C=O) groups is 2. The summed E-state index contributed by atoms with van der Waals surface area (Å²) in [6, 6.07) is 3.37. The zero-order valence-electron chi connectivity index (χ0n) is 12.7. The molecule has 6 nitrogen and oxygen atoms in total. The molecule has 0 aliphatic rings. The van der Waals surface area contributed by atoms with E-state index in [9.17, 15) is 9.59 Å². The van der Waals surface area contributed by atoms with Gasteiger partial charge >= 0.3 is 0 Å². The fraction of sp³-hybridized carbons (Fsp3) is 0.267. The second-order valence-corrected chi connectivity index (χ2v) is 6.04. The van der Waals surface area contributed by atoms with Crippen molar-refractivity contribution in [3.05, 3.63) is 34.3 Å². The quantitative estimate of drug-likeness (QED) is 0.833. The van der Waals surface area contributed by atoms with Gasteiger partial charge in [0.15, 0.2) is 5.13 Å². The van der Waals surface area contributed by atoms with Crippen LogP contribution in [0.15, 0.2) is 23.7 Å². The number of halogens is 1. The molecule has 0 saturated heterocycles. The maximum atomic E-state index is 12.0. The summed E-state index contributed by atoms with van der Waals surface area (Å²) in [5.41, 5.74) is 1.35. The molecule has 0 radical (unpaired) electrons. The number of benzene rings is 1. The van der Waals surface area contributed by atoms with E-state index in [-0.39, 0.29) is 24.7 Å². The molecule has 0 saturated carbocycles. The highest BCUT2D eigenvalue weighted by Gasteiger charge is 2.12. The molecule has 2 rings (SSSR count). The first-order valence-electron chi connectivity index (χ1n) is 6.83. The van der Waals surface area contributed by atoms with Crippen molar-refractivity contribution in [2.45, 2.75) is 19.8 Å². The number of thiazole rings is 1. The van der Waals surface area contributed by atoms with Crippen LogP contribution in [0.5, 0.6) is 5.75 Å². The van der Waals surface area contributed by atoms with Gasteiger partial charge in [0, 0.05) is 35.5 Å². The highest BCUT2D eigenvalue weighted by molar-refractivity contribution is 7.13. The van der Waals surface area contributed by atoms with E-state index in [0.29, 0.717) is 21.6 Å². The van der Waals surface area contributed by atoms with E-state index in [4.69, 9.17) is 16.3 Å². The van der Waals surface area contributed by atoms with Crippen LogP contribution >= 0.6 is 22.9 Å². The highest BCUT2D eigenvalue weighted by atomic mass is 35.5. The summed E-state index contributed by atoms with van der Waals surface area (Å²) in [4.78, 5) is 27.7. The third-order valence-corrected chi connectivity index (χ3v) is 4.11. The number of hydrogen-bond acceptors (Lipinski definition) is 5. The lowest BCUT2D eigenvalue weighted by atomic mass is 10.2. The number of rotatable bonds is 6. The molecule has 23 heavy (non-hydrogen) atoms. The first-order valence-corrected chi connectivity index (χ1v) is 8.08. The van der Waals surface area contributed by atoms with E-state index in [0.717, 1.165) is 5.56 Å². The zero-order chi connectivity index (χ0) is 16.8. The van der Waals surface area contributed by atoms with E-state index in [1.165, 1.54) is 18.4 Å². The largest absolute Gasteiger partial charge is 0.495 e. The molecule has 0 aliphatic heterocycles. The Morgan fingerprint density at radius 2 is 1.96 bits per heavy atom. The molecule has 2 aromatic rings. The lowest BCUT2D eigenvalue weighted by molar-refractivity contribution is -0.121. The Bertz CT molecular complexity index is 704. The molecule has 2 amide bonds. The van der Waals surface area contributed by atoms with E-state index in [1.54, 1.807) is 23.7 Å². The first kappa shape index (κ1) is 17.2. The Labute approximate surface area is 142 Å². The lowest BCUT2D eigenvalue weighted by Gasteiger charge is -2.12. The molecular weight excluding hydrogens is 338 g/mol. The number of nitrogens with one attached hydrogen (secondary N) is 2. The number of nitrogens with zero attached hydrogens (tertiary/aromatic N) is 1. The predicted octanol–water partition coefficient (Wildman–Crippen LogP) is 3.47. The molecule has 0 unspecified atom stereocenters. The van der Waals surface area contributed by atoms with Crippen LogP contribution in [-0.4, -0.2) is 23.9 Å². The smallest absolute Gasteiger partial charge is 0.226 e. The summed E-state index contributed by atoms with van der Waals surface area (Å²) in [5, 5.41) is 8.19. The fourth-order valence-corrected chi connectivity index (χ4v) is 2.54. The van der Waals surface area contributed by atoms with Crippen molar-refractivity contribution in [3.63, 3.8) is 0 Å². The first-order chi connectivity index (χ1) is 11.0. The summed E-state index contributed by atoms with van der Waals surface area (Å²) in [6.07, 6.45) is 1.73. The third-order valence-electron chi connectivity index (χ3n) is 3.01. The van der Waals surface area contributed by atoms with Gasteiger partial charge in [0.1, 0.15) is 5.75 Å². The van der Waals surface area contributed by atoms with Gasteiger partial charge in [-0.05, 0) is 18.6 Å². The maximum absolute atomic E-state index is 12.0. The predicted molar refractivity (Wildman–Crippen MR) is 91.3 cm³/mol. The summed E-state index contributed by atoms with van der Waals surface area (Å²) < 4.78 is 5.19. The third kappa shape index (κ3) is 4.94. The molecule has 0 bridgehead atoms. The Balaban J connectivity index is 1.89. The van der Waals surface area contributed by atoms with Gasteiger partial charge in [0.25, 0.3) is 0 Å². The van der Waals surface area contributed by atoms with Crippen molar-refractivity contribution >= 4 is 45.6 Å². The van der Waals surface area contributed by atoms with Crippen LogP contribution in [0.2, 0.25) is 5.02 Å². The van der Waals surface area contributed by atoms with E-state index in [1.807, 2.05) is 6.92 Å². The Morgan fingerprint density at radius 3 is 2.57 bits per heavy atom. The van der Waals surface area contributed by atoms with E-state index in [2.05, 4.69) is 15.6 Å². The maximum Gasteiger partial charge on any atom is 0.226 e. The van der Waals surface area contributed by atoms with Gasteiger partial charge in [0.05, 0.1) is 12.8 Å². The van der Waals surface area contributed by atoms with Gasteiger partial charge in [0.2, 0.25) is 11.8 Å². The molecule has 1 heterocycles. The van der Waals surface area contributed by atoms with Crippen LogP contribution in [0.1, 0.15) is 18.4 Å². The SMILES string of the molecule is COc1cc(Cl)c(C)cc1NC(=O)CCC(=O)Nc1nccs1. The van der Waals surface area contributed by atoms with Crippen molar-refractivity contribution in [1.82, 2.24) is 4.98 Å². The van der Waals surface area contributed by atoms with Crippen molar-refractivity contribution in [3.8, 4) is 5.75 Å². The summed E-state index contributed by atoms with van der Waals surface area (Å²) in [5.74, 6) is -0.0603. The number of methoxy groups -OCH3 is 1. The van der Waals surface area contributed by atoms with Crippen molar-refractivity contribution in [1.29, 1.82) is 0 Å². The fourth-order valence-electron chi connectivity index (χ4n) is 1.84. The van der Waals surface area contributed by atoms with Crippen molar-refractivity contribution < 1.29 is 14.3 Å². The van der Waals surface area contributed by atoms with Crippen LogP contribution < -0.4 is 15.4 Å². The van der Waals surface area contributed by atoms with Gasteiger partial charge in [-0.1, -0.05) is 11.6 Å². The molecule has 0 spiro atoms.